The Morgan fingerprint density at radius 1 is 1.05 bits per heavy atom. The molecular weight excluding hydrogens is 476 g/mol. The normalized spacial score (nSPS) is 20.3. The Hall–Kier alpha value is -3.89. The topological polar surface area (TPSA) is 123 Å². The van der Waals surface area contributed by atoms with Crippen LogP contribution in [0.25, 0.3) is 10.9 Å². The lowest BCUT2D eigenvalue weighted by atomic mass is 9.81. The van der Waals surface area contributed by atoms with Crippen molar-refractivity contribution in [3.8, 4) is 5.75 Å². The molecule has 2 aromatic heterocycles. The molecule has 1 aromatic carbocycles. The second-order valence-corrected chi connectivity index (χ2v) is 9.98. The number of nitrogens with one attached hydrogen (secondary N) is 1. The van der Waals surface area contributed by atoms with Gasteiger partial charge in [-0.25, -0.2) is 9.78 Å². The van der Waals surface area contributed by atoms with Crippen molar-refractivity contribution in [1.82, 2.24) is 28.9 Å². The molecule has 0 spiro atoms. The molecule has 0 atom stereocenters. The summed E-state index contributed by atoms with van der Waals surface area (Å²) in [5.74, 6) is 0.721. The molecule has 196 valence electrons. The predicted molar refractivity (Wildman–Crippen MR) is 137 cm³/mol. The monoisotopic (exact) mass is 508 g/mol. The molecule has 1 aliphatic carbocycles. The first kappa shape index (κ1) is 24.8. The number of aryl methyl sites for hydroxylation is 1. The molecule has 2 aliphatic rings. The van der Waals surface area contributed by atoms with E-state index in [2.05, 4.69) is 9.97 Å². The minimum absolute atomic E-state index is 0.0635. The average Bonchev–Trinajstić information content (AvgIpc) is 3.36. The Kier molecular flexibility index (Phi) is 6.86. The van der Waals surface area contributed by atoms with Crippen molar-refractivity contribution >= 4 is 22.7 Å². The molecule has 1 saturated carbocycles. The number of carbonyl (C=O) groups is 2. The van der Waals surface area contributed by atoms with E-state index in [1.54, 1.807) is 47.2 Å². The van der Waals surface area contributed by atoms with E-state index in [4.69, 9.17) is 4.74 Å². The summed E-state index contributed by atoms with van der Waals surface area (Å²) in [6.45, 7) is 2.38. The fraction of sp³-hybridized carbons (Fsp3) is 0.500. The average molecular weight is 509 g/mol. The Labute approximate surface area is 213 Å². The molecule has 1 aliphatic heterocycles. The number of rotatable bonds is 5. The maximum Gasteiger partial charge on any atom is 0.328 e. The van der Waals surface area contributed by atoms with Crippen molar-refractivity contribution in [3.63, 3.8) is 0 Å². The number of hydrogen-bond acceptors (Lipinski definition) is 6. The number of H-pyrrole nitrogens is 1. The molecular formula is C26H32N6O5. The fourth-order valence-electron chi connectivity index (χ4n) is 5.49. The third-order valence-electron chi connectivity index (χ3n) is 7.74. The van der Waals surface area contributed by atoms with Crippen LogP contribution in [0.1, 0.15) is 36.2 Å². The zero-order valence-electron chi connectivity index (χ0n) is 21.2. The summed E-state index contributed by atoms with van der Waals surface area (Å²) in [5, 5.41) is 0.420. The van der Waals surface area contributed by atoms with Crippen molar-refractivity contribution in [3.05, 3.63) is 57.3 Å². The molecule has 3 heterocycles. The maximum absolute atomic E-state index is 13.2. The first-order valence-electron chi connectivity index (χ1n) is 12.7. The third-order valence-corrected chi connectivity index (χ3v) is 7.74. The summed E-state index contributed by atoms with van der Waals surface area (Å²) in [5.41, 5.74) is 0.291. The fourth-order valence-corrected chi connectivity index (χ4v) is 5.49. The summed E-state index contributed by atoms with van der Waals surface area (Å²) in [6.07, 6.45) is 6.17. The van der Waals surface area contributed by atoms with Crippen LogP contribution in [0.15, 0.2) is 40.3 Å². The molecule has 2 fully saturated rings. The highest BCUT2D eigenvalue weighted by Crippen LogP contribution is 2.31. The summed E-state index contributed by atoms with van der Waals surface area (Å²) in [7, 11) is 3.33. The SMILES string of the molecule is COc1ccc2[nH]c(=O)n(C[C@H]3CC[C@H](C(=O)N4CCN(C(=O)c5cncn5C)CC4)CC3)c(=O)c2c1. The van der Waals surface area contributed by atoms with Crippen LogP contribution in [0.3, 0.4) is 0 Å². The van der Waals surface area contributed by atoms with E-state index < -0.39 is 5.69 Å². The van der Waals surface area contributed by atoms with Crippen LogP contribution < -0.4 is 16.0 Å². The Morgan fingerprint density at radius 2 is 1.76 bits per heavy atom. The molecule has 0 unspecified atom stereocenters. The number of aromatic amines is 1. The molecule has 11 heteroatoms. The van der Waals surface area contributed by atoms with Crippen molar-refractivity contribution < 1.29 is 14.3 Å². The van der Waals surface area contributed by atoms with Gasteiger partial charge >= 0.3 is 5.69 Å². The Morgan fingerprint density at radius 3 is 2.41 bits per heavy atom. The summed E-state index contributed by atoms with van der Waals surface area (Å²) in [4.78, 5) is 62.0. The number of ether oxygens (including phenoxy) is 1. The second kappa shape index (κ2) is 10.2. The second-order valence-electron chi connectivity index (χ2n) is 9.98. The molecule has 37 heavy (non-hydrogen) atoms. The number of imidazole rings is 1. The van der Waals surface area contributed by atoms with Crippen LogP contribution in [0.4, 0.5) is 0 Å². The van der Waals surface area contributed by atoms with Gasteiger partial charge in [-0.15, -0.1) is 0 Å². The first-order valence-corrected chi connectivity index (χ1v) is 12.7. The minimum Gasteiger partial charge on any atom is -0.497 e. The largest absolute Gasteiger partial charge is 0.497 e. The molecule has 3 aromatic rings. The van der Waals surface area contributed by atoms with Gasteiger partial charge in [0.15, 0.2) is 0 Å². The highest BCUT2D eigenvalue weighted by molar-refractivity contribution is 5.92. The van der Waals surface area contributed by atoms with Gasteiger partial charge in [-0.05, 0) is 49.8 Å². The van der Waals surface area contributed by atoms with E-state index in [-0.39, 0.29) is 29.2 Å². The van der Waals surface area contributed by atoms with Gasteiger partial charge in [0.05, 0.1) is 30.5 Å². The van der Waals surface area contributed by atoms with Gasteiger partial charge in [0.25, 0.3) is 11.5 Å². The van der Waals surface area contributed by atoms with E-state index in [0.29, 0.717) is 55.1 Å². The van der Waals surface area contributed by atoms with Gasteiger partial charge in [0.2, 0.25) is 5.91 Å². The highest BCUT2D eigenvalue weighted by atomic mass is 16.5. The van der Waals surface area contributed by atoms with Crippen molar-refractivity contribution in [2.75, 3.05) is 33.3 Å². The van der Waals surface area contributed by atoms with Crippen molar-refractivity contribution in [2.45, 2.75) is 32.2 Å². The van der Waals surface area contributed by atoms with E-state index in [0.717, 1.165) is 25.7 Å². The number of piperazine rings is 1. The van der Waals surface area contributed by atoms with Gasteiger partial charge in [-0.3, -0.25) is 19.0 Å². The zero-order chi connectivity index (χ0) is 26.1. The van der Waals surface area contributed by atoms with E-state index >= 15 is 0 Å². The number of amides is 2. The predicted octanol–water partition coefficient (Wildman–Crippen LogP) is 1.22. The third kappa shape index (κ3) is 4.90. The van der Waals surface area contributed by atoms with Gasteiger partial charge in [-0.1, -0.05) is 0 Å². The summed E-state index contributed by atoms with van der Waals surface area (Å²) < 4.78 is 8.20. The molecule has 0 radical (unpaired) electrons. The molecule has 5 rings (SSSR count). The van der Waals surface area contributed by atoms with Crippen LogP contribution in [0, 0.1) is 11.8 Å². The standard InChI is InChI=1S/C26H32N6O5/c1-29-16-27-14-22(29)25(35)31-11-9-30(10-12-31)23(33)18-5-3-17(4-6-18)15-32-24(34)20-13-19(37-2)7-8-21(20)28-26(32)36/h7-8,13-14,16-18H,3-6,9-12,15H2,1-2H3,(H,28,36)/t17-,18-. The van der Waals surface area contributed by atoms with Crippen LogP contribution in [0.5, 0.6) is 5.75 Å². The highest BCUT2D eigenvalue weighted by Gasteiger charge is 2.32. The number of nitrogens with zero attached hydrogens (tertiary/aromatic N) is 5. The Bertz CT molecular complexity index is 1420. The lowest BCUT2D eigenvalue weighted by Gasteiger charge is -2.38. The molecule has 1 saturated heterocycles. The van der Waals surface area contributed by atoms with Crippen LogP contribution >= 0.6 is 0 Å². The molecule has 1 N–H and O–H groups in total. The smallest absolute Gasteiger partial charge is 0.328 e. The van der Waals surface area contributed by atoms with E-state index in [1.165, 1.54) is 11.7 Å². The van der Waals surface area contributed by atoms with Gasteiger partial charge in [0, 0.05) is 45.7 Å². The molecule has 11 nitrogen and oxygen atoms in total. The Balaban J connectivity index is 1.16. The quantitative estimate of drug-likeness (QED) is 0.553. The van der Waals surface area contributed by atoms with Gasteiger partial charge < -0.3 is 24.1 Å². The maximum atomic E-state index is 13.2. The van der Waals surface area contributed by atoms with Gasteiger partial charge in [0.1, 0.15) is 11.4 Å². The summed E-state index contributed by atoms with van der Waals surface area (Å²) >= 11 is 0. The lowest BCUT2D eigenvalue weighted by Crippen LogP contribution is -2.52. The van der Waals surface area contributed by atoms with Crippen LogP contribution in [0.2, 0.25) is 0 Å². The zero-order valence-corrected chi connectivity index (χ0v) is 21.2. The molecule has 2 amide bonds. The van der Waals surface area contributed by atoms with Crippen LogP contribution in [-0.4, -0.2) is 74.0 Å². The van der Waals surface area contributed by atoms with Crippen molar-refractivity contribution in [2.24, 2.45) is 18.9 Å². The minimum atomic E-state index is -0.417. The number of carbonyl (C=O) groups excluding carboxylic acids is 2. The van der Waals surface area contributed by atoms with Crippen molar-refractivity contribution in [1.29, 1.82) is 0 Å². The van der Waals surface area contributed by atoms with Gasteiger partial charge in [-0.2, -0.15) is 0 Å². The number of methoxy groups -OCH3 is 1. The summed E-state index contributed by atoms with van der Waals surface area (Å²) in [6, 6.07) is 5.02. The number of fused-ring (bicyclic) bond motifs is 1. The lowest BCUT2D eigenvalue weighted by molar-refractivity contribution is -0.138. The first-order chi connectivity index (χ1) is 17.9. The van der Waals surface area contributed by atoms with E-state index in [9.17, 15) is 19.2 Å². The van der Waals surface area contributed by atoms with E-state index in [1.807, 2.05) is 4.90 Å². The number of aromatic nitrogens is 4. The molecule has 0 bridgehead atoms. The number of hydrogen-bond donors (Lipinski definition) is 1. The number of benzene rings is 1. The van der Waals surface area contributed by atoms with Crippen LogP contribution in [-0.2, 0) is 18.4 Å².